The Bertz CT molecular complexity index is 3220. The third-order valence-electron chi connectivity index (χ3n) is 11.9. The number of aromatic nitrogens is 1. The number of ether oxygens (including phenoxy) is 1. The summed E-state index contributed by atoms with van der Waals surface area (Å²) in [6.45, 7) is -0.0417. The molecule has 11 aromatic rings. The van der Waals surface area contributed by atoms with E-state index in [0.29, 0.717) is 0 Å². The van der Waals surface area contributed by atoms with Crippen LogP contribution in [0.4, 0.5) is 0 Å². The zero-order valence-electron chi connectivity index (χ0n) is 31.5. The van der Waals surface area contributed by atoms with E-state index in [1.165, 1.54) is 97.4 Å². The Morgan fingerprint density at radius 3 is 1.55 bits per heavy atom. The van der Waals surface area contributed by atoms with E-state index in [0.717, 1.165) is 11.5 Å². The monoisotopic (exact) mass is 755 g/mol. The largest absolute Gasteiger partial charge is 0.458 e. The van der Waals surface area contributed by atoms with Gasteiger partial charge >= 0.3 is 0 Å². The average molecular weight is 756 g/mol. The van der Waals surface area contributed by atoms with Crippen LogP contribution in [0.15, 0.2) is 206 Å². The maximum absolute atomic E-state index is 6.56. The third kappa shape index (κ3) is 5.12. The van der Waals surface area contributed by atoms with Crippen molar-refractivity contribution in [2.75, 3.05) is 0 Å². The fourth-order valence-corrected chi connectivity index (χ4v) is 10.6. The number of rotatable bonds is 5. The van der Waals surface area contributed by atoms with Gasteiger partial charge in [-0.05, 0) is 98.9 Å². The lowest BCUT2D eigenvalue weighted by molar-refractivity contribution is 0.487. The second-order valence-corrected chi connectivity index (χ2v) is 16.2. The van der Waals surface area contributed by atoms with Crippen LogP contribution in [-0.4, -0.2) is 11.3 Å². The number of thiophene rings is 1. The van der Waals surface area contributed by atoms with Crippen molar-refractivity contribution < 1.29 is 4.74 Å². The average Bonchev–Trinajstić information content (AvgIpc) is 3.84. The molecular formula is C54H34BNOS. The van der Waals surface area contributed by atoms with Crippen molar-refractivity contribution in [3.8, 4) is 50.6 Å². The van der Waals surface area contributed by atoms with Crippen LogP contribution in [0.2, 0.25) is 0 Å². The minimum Gasteiger partial charge on any atom is -0.458 e. The molecular weight excluding hydrogens is 721 g/mol. The van der Waals surface area contributed by atoms with Gasteiger partial charge in [-0.3, -0.25) is 0 Å². The van der Waals surface area contributed by atoms with Gasteiger partial charge in [0.1, 0.15) is 11.5 Å². The van der Waals surface area contributed by atoms with Gasteiger partial charge in [-0.25, -0.2) is 0 Å². The topological polar surface area (TPSA) is 14.2 Å². The summed E-state index contributed by atoms with van der Waals surface area (Å²) in [5.41, 5.74) is 14.5. The summed E-state index contributed by atoms with van der Waals surface area (Å²) in [6, 6.07) is 75.2. The van der Waals surface area contributed by atoms with E-state index in [4.69, 9.17) is 4.74 Å². The van der Waals surface area contributed by atoms with Crippen molar-refractivity contribution in [2.45, 2.75) is 0 Å². The summed E-state index contributed by atoms with van der Waals surface area (Å²) in [6.07, 6.45) is 0. The molecule has 270 valence electrons. The highest BCUT2D eigenvalue weighted by Gasteiger charge is 2.36. The fourth-order valence-electron chi connectivity index (χ4n) is 9.41. The third-order valence-corrected chi connectivity index (χ3v) is 13.2. The van der Waals surface area contributed by atoms with Crippen LogP contribution < -0.4 is 21.1 Å². The van der Waals surface area contributed by atoms with Gasteiger partial charge in [-0.15, -0.1) is 11.3 Å². The van der Waals surface area contributed by atoms with Gasteiger partial charge in [0.25, 0.3) is 6.71 Å². The van der Waals surface area contributed by atoms with E-state index in [1.807, 2.05) is 11.3 Å². The SMILES string of the molecule is c1ccc(-c2cc(-c3cccc4c3sc3ccc(-n5c6ccccc6c6ccccc65)cc34)cc(-c3ccccc3)c2B2c3ccccc3Oc3ccccc32)cc1. The van der Waals surface area contributed by atoms with Gasteiger partial charge in [0, 0.05) is 36.6 Å². The molecule has 0 saturated carbocycles. The molecule has 4 heteroatoms. The van der Waals surface area contributed by atoms with Crippen molar-refractivity contribution in [3.05, 3.63) is 206 Å². The van der Waals surface area contributed by atoms with Crippen molar-refractivity contribution in [1.29, 1.82) is 0 Å². The van der Waals surface area contributed by atoms with Crippen molar-refractivity contribution >= 4 is 76.4 Å². The van der Waals surface area contributed by atoms with E-state index in [9.17, 15) is 0 Å². The van der Waals surface area contributed by atoms with E-state index in [-0.39, 0.29) is 6.71 Å². The van der Waals surface area contributed by atoms with Gasteiger partial charge in [0.2, 0.25) is 0 Å². The van der Waals surface area contributed by atoms with Crippen LogP contribution in [0.1, 0.15) is 0 Å². The molecule has 0 saturated heterocycles. The van der Waals surface area contributed by atoms with Gasteiger partial charge < -0.3 is 9.30 Å². The minimum absolute atomic E-state index is 0.0417. The maximum Gasteiger partial charge on any atom is 0.252 e. The molecule has 2 aromatic heterocycles. The molecule has 0 atom stereocenters. The highest BCUT2D eigenvalue weighted by molar-refractivity contribution is 7.26. The lowest BCUT2D eigenvalue weighted by Crippen LogP contribution is -2.56. The van der Waals surface area contributed by atoms with E-state index < -0.39 is 0 Å². The Labute approximate surface area is 340 Å². The molecule has 3 heterocycles. The van der Waals surface area contributed by atoms with E-state index in [2.05, 4.69) is 211 Å². The molecule has 12 rings (SSSR count). The lowest BCUT2D eigenvalue weighted by atomic mass is 9.34. The van der Waals surface area contributed by atoms with Crippen molar-refractivity contribution in [3.63, 3.8) is 0 Å². The molecule has 1 aliphatic rings. The molecule has 58 heavy (non-hydrogen) atoms. The Hall–Kier alpha value is -7.14. The first-order chi connectivity index (χ1) is 28.8. The predicted molar refractivity (Wildman–Crippen MR) is 248 cm³/mol. The summed E-state index contributed by atoms with van der Waals surface area (Å²) in [7, 11) is 0. The number of para-hydroxylation sites is 4. The minimum atomic E-state index is -0.0417. The fraction of sp³-hybridized carbons (Fsp3) is 0. The zero-order chi connectivity index (χ0) is 38.2. The molecule has 0 radical (unpaired) electrons. The Morgan fingerprint density at radius 2 is 0.931 bits per heavy atom. The first-order valence-corrected chi connectivity index (χ1v) is 20.7. The van der Waals surface area contributed by atoms with Crippen LogP contribution in [0, 0.1) is 0 Å². The number of hydrogen-bond acceptors (Lipinski definition) is 2. The quantitative estimate of drug-likeness (QED) is 0.160. The second kappa shape index (κ2) is 13.2. The van der Waals surface area contributed by atoms with E-state index >= 15 is 0 Å². The highest BCUT2D eigenvalue weighted by Crippen LogP contribution is 2.43. The smallest absolute Gasteiger partial charge is 0.252 e. The molecule has 2 nitrogen and oxygen atoms in total. The Balaban J connectivity index is 1.12. The number of nitrogens with zero attached hydrogens (tertiary/aromatic N) is 1. The molecule has 0 spiro atoms. The summed E-state index contributed by atoms with van der Waals surface area (Å²) < 4.78 is 11.6. The summed E-state index contributed by atoms with van der Waals surface area (Å²) in [5, 5.41) is 5.10. The van der Waals surface area contributed by atoms with Crippen LogP contribution in [0.3, 0.4) is 0 Å². The van der Waals surface area contributed by atoms with Crippen LogP contribution in [0.5, 0.6) is 11.5 Å². The first-order valence-electron chi connectivity index (χ1n) is 19.9. The molecule has 9 aromatic carbocycles. The normalized spacial score (nSPS) is 12.2. The maximum atomic E-state index is 6.56. The highest BCUT2D eigenvalue weighted by atomic mass is 32.1. The summed E-state index contributed by atoms with van der Waals surface area (Å²) >= 11 is 1.89. The lowest BCUT2D eigenvalue weighted by Gasteiger charge is -2.30. The van der Waals surface area contributed by atoms with Gasteiger partial charge in [-0.1, -0.05) is 157 Å². The molecule has 0 N–H and O–H groups in total. The van der Waals surface area contributed by atoms with Gasteiger partial charge in [0.05, 0.1) is 11.0 Å². The van der Waals surface area contributed by atoms with Crippen LogP contribution in [-0.2, 0) is 0 Å². The van der Waals surface area contributed by atoms with Crippen molar-refractivity contribution in [2.24, 2.45) is 0 Å². The second-order valence-electron chi connectivity index (χ2n) is 15.2. The number of hydrogen-bond donors (Lipinski definition) is 0. The molecule has 0 fully saturated rings. The number of benzene rings is 9. The first kappa shape index (κ1) is 33.0. The molecule has 0 unspecified atom stereocenters. The standard InChI is InChI=1S/C54H34BNOS/c1-3-16-35(17-4-1)43-32-37(33-44(36-18-5-2-6-19-36)53(43)55-46-24-9-13-28-50(46)57-51-29-14-10-25-47(51)55)39-22-15-23-42-45-34-38(30-31-52(45)58-54(39)42)56-48-26-11-7-20-40(48)41-21-8-12-27-49(41)56/h1-34H. The van der Waals surface area contributed by atoms with Gasteiger partial charge in [-0.2, -0.15) is 0 Å². The van der Waals surface area contributed by atoms with Crippen LogP contribution in [0.25, 0.3) is 81.0 Å². The molecule has 1 aliphatic heterocycles. The molecule has 0 bridgehead atoms. The zero-order valence-corrected chi connectivity index (χ0v) is 32.3. The predicted octanol–water partition coefficient (Wildman–Crippen LogP) is 12.8. The van der Waals surface area contributed by atoms with E-state index in [1.54, 1.807) is 0 Å². The molecule has 0 amide bonds. The summed E-state index contributed by atoms with van der Waals surface area (Å²) in [5.74, 6) is 1.81. The number of fused-ring (bicyclic) bond motifs is 8. The Kier molecular flexibility index (Phi) is 7.54. The van der Waals surface area contributed by atoms with Gasteiger partial charge in [0.15, 0.2) is 0 Å². The van der Waals surface area contributed by atoms with Crippen molar-refractivity contribution in [1.82, 2.24) is 4.57 Å². The molecule has 0 aliphatic carbocycles. The Morgan fingerprint density at radius 1 is 0.397 bits per heavy atom. The van der Waals surface area contributed by atoms with Crippen LogP contribution >= 0.6 is 11.3 Å². The summed E-state index contributed by atoms with van der Waals surface area (Å²) in [4.78, 5) is 0.